The molecule has 2 aliphatic rings. The van der Waals surface area contributed by atoms with Gasteiger partial charge >= 0.3 is 0 Å². The fourth-order valence-electron chi connectivity index (χ4n) is 3.64. The molecular weight excluding hydrogens is 308 g/mol. The molecule has 0 amide bonds. The van der Waals surface area contributed by atoms with Crippen LogP contribution < -0.4 is 5.32 Å². The molecule has 6 heteroatoms. The van der Waals surface area contributed by atoms with Crippen molar-refractivity contribution in [1.82, 2.24) is 10.2 Å². The lowest BCUT2D eigenvalue weighted by atomic mass is 9.82. The quantitative estimate of drug-likeness (QED) is 0.813. The van der Waals surface area contributed by atoms with Gasteiger partial charge in [-0.15, -0.1) is 11.3 Å². The number of rotatable bonds is 5. The van der Waals surface area contributed by atoms with E-state index in [1.165, 1.54) is 10.4 Å². The third-order valence-corrected chi connectivity index (χ3v) is 6.25. The van der Waals surface area contributed by atoms with Crippen LogP contribution in [0.5, 0.6) is 0 Å². The first-order valence-corrected chi connectivity index (χ1v) is 9.24. The Kier molecular flexibility index (Phi) is 5.14. The molecule has 1 spiro atoms. The summed E-state index contributed by atoms with van der Waals surface area (Å²) in [7, 11) is 1.84. The van der Waals surface area contributed by atoms with E-state index in [1.54, 1.807) is 11.1 Å². The summed E-state index contributed by atoms with van der Waals surface area (Å²) in [6.07, 6.45) is 6.05. The van der Waals surface area contributed by atoms with Gasteiger partial charge in [-0.05, 0) is 30.9 Å². The van der Waals surface area contributed by atoms with E-state index in [0.29, 0.717) is 0 Å². The Morgan fingerprint density at radius 2 is 2.30 bits per heavy atom. The molecule has 0 aliphatic carbocycles. The summed E-state index contributed by atoms with van der Waals surface area (Å²) < 4.78 is 6.31. The Morgan fingerprint density at radius 3 is 2.96 bits per heavy atom. The van der Waals surface area contributed by atoms with Crippen molar-refractivity contribution >= 4 is 11.3 Å². The summed E-state index contributed by atoms with van der Waals surface area (Å²) in [4.78, 5) is 5.39. The zero-order chi connectivity index (χ0) is 16.3. The maximum Gasteiger partial charge on any atom is 0.0966 e. The molecule has 0 saturated carbocycles. The fraction of sp³-hybridized carbons (Fsp3) is 0.647. The van der Waals surface area contributed by atoms with Gasteiger partial charge in [0.15, 0.2) is 0 Å². The average Bonchev–Trinajstić information content (AvgIpc) is 3.01. The van der Waals surface area contributed by atoms with Gasteiger partial charge in [0.1, 0.15) is 0 Å². The van der Waals surface area contributed by atoms with Crippen LogP contribution in [0.3, 0.4) is 0 Å². The molecule has 1 aromatic heterocycles. The number of nitrogens with zero attached hydrogens (tertiary/aromatic N) is 2. The van der Waals surface area contributed by atoms with Crippen molar-refractivity contribution in [3.05, 3.63) is 33.3 Å². The SMILES string of the molecule is CCc1cc2c(s1)CCOC21CCN(C/C(=C/NC)N=N)CC1. The Morgan fingerprint density at radius 1 is 1.52 bits per heavy atom. The van der Waals surface area contributed by atoms with E-state index in [1.807, 2.05) is 18.4 Å². The number of aryl methyl sites for hydroxylation is 1. The number of piperidine rings is 1. The first kappa shape index (κ1) is 16.6. The molecule has 23 heavy (non-hydrogen) atoms. The lowest BCUT2D eigenvalue weighted by Crippen LogP contribution is -2.46. The standard InChI is InChI=1S/C17H26N4OS/c1-3-14-10-15-16(23-14)4-9-22-17(15)5-7-21(8-6-17)12-13(20-18)11-19-2/h10-11,18-19H,3-9,12H2,1-2H3/b13-11-,20-18?. The van der Waals surface area contributed by atoms with Crippen molar-refractivity contribution in [2.24, 2.45) is 5.11 Å². The minimum Gasteiger partial charge on any atom is -0.392 e. The minimum absolute atomic E-state index is 0.0704. The van der Waals surface area contributed by atoms with Crippen molar-refractivity contribution in [2.45, 2.75) is 38.2 Å². The van der Waals surface area contributed by atoms with Crippen LogP contribution in [0.15, 0.2) is 23.1 Å². The largest absolute Gasteiger partial charge is 0.392 e. The first-order valence-electron chi connectivity index (χ1n) is 8.43. The highest BCUT2D eigenvalue weighted by Gasteiger charge is 2.41. The van der Waals surface area contributed by atoms with Crippen molar-refractivity contribution in [1.29, 1.82) is 5.53 Å². The summed E-state index contributed by atoms with van der Waals surface area (Å²) in [6, 6.07) is 2.39. The van der Waals surface area contributed by atoms with E-state index >= 15 is 0 Å². The van der Waals surface area contributed by atoms with E-state index in [0.717, 1.165) is 57.6 Å². The number of likely N-dealkylation sites (tertiary alicyclic amines) is 1. The molecule has 2 N–H and O–H groups in total. The zero-order valence-corrected chi connectivity index (χ0v) is 14.8. The smallest absolute Gasteiger partial charge is 0.0966 e. The normalized spacial score (nSPS) is 21.2. The number of nitrogens with one attached hydrogen (secondary N) is 2. The second-order valence-corrected chi connectivity index (χ2v) is 7.53. The van der Waals surface area contributed by atoms with Crippen molar-refractivity contribution in [2.75, 3.05) is 33.3 Å². The molecular formula is C17H26N4OS. The summed E-state index contributed by atoms with van der Waals surface area (Å²) in [5, 5.41) is 6.57. The van der Waals surface area contributed by atoms with E-state index < -0.39 is 0 Å². The highest BCUT2D eigenvalue weighted by atomic mass is 32.1. The molecule has 0 bridgehead atoms. The van der Waals surface area contributed by atoms with E-state index in [9.17, 15) is 0 Å². The molecule has 126 valence electrons. The zero-order valence-electron chi connectivity index (χ0n) is 14.0. The topological polar surface area (TPSA) is 60.7 Å². The maximum absolute atomic E-state index is 7.26. The van der Waals surface area contributed by atoms with Gasteiger partial charge in [-0.1, -0.05) is 6.92 Å². The lowest BCUT2D eigenvalue weighted by molar-refractivity contribution is -0.0961. The summed E-state index contributed by atoms with van der Waals surface area (Å²) in [5.41, 5.74) is 9.42. The third kappa shape index (κ3) is 3.34. The number of fused-ring (bicyclic) bond motifs is 2. The predicted molar refractivity (Wildman–Crippen MR) is 93.0 cm³/mol. The average molecular weight is 334 g/mol. The van der Waals surface area contributed by atoms with Gasteiger partial charge in [0.2, 0.25) is 0 Å². The Labute approximate surface area is 142 Å². The molecule has 0 unspecified atom stereocenters. The fourth-order valence-corrected chi connectivity index (χ4v) is 4.82. The Hall–Kier alpha value is -1.24. The third-order valence-electron chi connectivity index (χ3n) is 4.91. The van der Waals surface area contributed by atoms with Gasteiger partial charge in [-0.2, -0.15) is 5.11 Å². The number of ether oxygens (including phenoxy) is 1. The Balaban J connectivity index is 1.70. The Bertz CT molecular complexity index is 587. The van der Waals surface area contributed by atoms with Gasteiger partial charge in [0.25, 0.3) is 0 Å². The molecule has 0 atom stereocenters. The van der Waals surface area contributed by atoms with Crippen molar-refractivity contribution < 1.29 is 4.74 Å². The summed E-state index contributed by atoms with van der Waals surface area (Å²) >= 11 is 1.97. The predicted octanol–water partition coefficient (Wildman–Crippen LogP) is 3.27. The molecule has 0 aromatic carbocycles. The minimum atomic E-state index is -0.0704. The van der Waals surface area contributed by atoms with Crippen LogP contribution in [0, 0.1) is 5.53 Å². The monoisotopic (exact) mass is 334 g/mol. The number of hydrogen-bond donors (Lipinski definition) is 2. The summed E-state index contributed by atoms with van der Waals surface area (Å²) in [5.74, 6) is 0. The van der Waals surface area contributed by atoms with Crippen LogP contribution >= 0.6 is 11.3 Å². The van der Waals surface area contributed by atoms with E-state index in [4.69, 9.17) is 10.3 Å². The maximum atomic E-state index is 7.26. The van der Waals surface area contributed by atoms with Crippen molar-refractivity contribution in [3.63, 3.8) is 0 Å². The lowest BCUT2D eigenvalue weighted by Gasteiger charge is -2.44. The van der Waals surface area contributed by atoms with Crippen LogP contribution in [0.2, 0.25) is 0 Å². The first-order chi connectivity index (χ1) is 11.2. The molecule has 1 fully saturated rings. The molecule has 5 nitrogen and oxygen atoms in total. The summed E-state index contributed by atoms with van der Waals surface area (Å²) in [6.45, 7) is 5.80. The highest BCUT2D eigenvalue weighted by Crippen LogP contribution is 2.44. The number of thiophene rings is 1. The van der Waals surface area contributed by atoms with Crippen LogP contribution in [0.1, 0.15) is 35.1 Å². The molecule has 1 aromatic rings. The highest BCUT2D eigenvalue weighted by molar-refractivity contribution is 7.12. The van der Waals surface area contributed by atoms with E-state index in [-0.39, 0.29) is 5.60 Å². The van der Waals surface area contributed by atoms with Gasteiger partial charge < -0.3 is 10.1 Å². The molecule has 3 heterocycles. The van der Waals surface area contributed by atoms with Gasteiger partial charge in [-0.25, -0.2) is 5.53 Å². The number of hydrogen-bond acceptors (Lipinski definition) is 6. The van der Waals surface area contributed by atoms with Gasteiger partial charge in [0.05, 0.1) is 17.9 Å². The van der Waals surface area contributed by atoms with Crippen LogP contribution in [-0.4, -0.2) is 38.2 Å². The molecule has 0 radical (unpaired) electrons. The van der Waals surface area contributed by atoms with Crippen LogP contribution in [0.25, 0.3) is 0 Å². The van der Waals surface area contributed by atoms with Gasteiger partial charge in [0, 0.05) is 49.1 Å². The van der Waals surface area contributed by atoms with Gasteiger partial charge in [-0.3, -0.25) is 4.90 Å². The molecule has 3 rings (SSSR count). The van der Waals surface area contributed by atoms with Crippen LogP contribution in [0.4, 0.5) is 0 Å². The molecule has 1 saturated heterocycles. The van der Waals surface area contributed by atoms with Crippen LogP contribution in [-0.2, 0) is 23.2 Å². The van der Waals surface area contributed by atoms with E-state index in [2.05, 4.69) is 28.3 Å². The second kappa shape index (κ2) is 7.11. The van der Waals surface area contributed by atoms with Crippen molar-refractivity contribution in [3.8, 4) is 0 Å². The molecule has 2 aliphatic heterocycles. The second-order valence-electron chi connectivity index (χ2n) is 6.31.